The van der Waals surface area contributed by atoms with Crippen molar-refractivity contribution in [2.24, 2.45) is 0 Å². The number of hydrogen-bond acceptors (Lipinski definition) is 5. The lowest BCUT2D eigenvalue weighted by Gasteiger charge is -2.13. The second kappa shape index (κ2) is 7.35. The Bertz CT molecular complexity index is 917. The molecule has 1 amide bonds. The first kappa shape index (κ1) is 17.6. The number of aromatic nitrogens is 4. The van der Waals surface area contributed by atoms with E-state index in [0.29, 0.717) is 11.4 Å². The smallest absolute Gasteiger partial charge is 0.255 e. The monoisotopic (exact) mass is 350 g/mol. The van der Waals surface area contributed by atoms with Crippen LogP contribution in [0.15, 0.2) is 42.6 Å². The molecule has 134 valence electrons. The van der Waals surface area contributed by atoms with E-state index < -0.39 is 0 Å². The van der Waals surface area contributed by atoms with Gasteiger partial charge in [0.2, 0.25) is 0 Å². The third-order valence-electron chi connectivity index (χ3n) is 4.01. The molecule has 0 aliphatic heterocycles. The van der Waals surface area contributed by atoms with Gasteiger partial charge in [-0.1, -0.05) is 18.2 Å². The van der Waals surface area contributed by atoms with Gasteiger partial charge in [-0.3, -0.25) is 4.79 Å². The van der Waals surface area contributed by atoms with Gasteiger partial charge in [0, 0.05) is 25.9 Å². The van der Waals surface area contributed by atoms with Crippen molar-refractivity contribution in [3.63, 3.8) is 0 Å². The summed E-state index contributed by atoms with van der Waals surface area (Å²) in [6.45, 7) is 4.05. The molecule has 0 saturated heterocycles. The molecule has 0 aliphatic rings. The van der Waals surface area contributed by atoms with Crippen LogP contribution in [0.5, 0.6) is 0 Å². The zero-order chi connectivity index (χ0) is 18.7. The molecule has 0 fully saturated rings. The van der Waals surface area contributed by atoms with E-state index in [-0.39, 0.29) is 12.5 Å². The van der Waals surface area contributed by atoms with Crippen molar-refractivity contribution in [1.29, 1.82) is 0 Å². The third kappa shape index (κ3) is 3.72. The molecule has 26 heavy (non-hydrogen) atoms. The molecule has 0 saturated carbocycles. The summed E-state index contributed by atoms with van der Waals surface area (Å²) in [7, 11) is 3.84. The highest BCUT2D eigenvalue weighted by Gasteiger charge is 2.15. The summed E-state index contributed by atoms with van der Waals surface area (Å²) in [6.07, 6.45) is 1.58. The maximum Gasteiger partial charge on any atom is 0.255 e. The molecular formula is C19H22N6O. The first-order chi connectivity index (χ1) is 12.5. The number of hydrogen-bond donors (Lipinski definition) is 1. The van der Waals surface area contributed by atoms with Crippen LogP contribution in [0.4, 0.5) is 5.82 Å². The molecule has 0 unspecified atom stereocenters. The second-order valence-corrected chi connectivity index (χ2v) is 6.25. The van der Waals surface area contributed by atoms with Gasteiger partial charge in [-0.25, -0.2) is 14.6 Å². The number of anilines is 1. The van der Waals surface area contributed by atoms with Crippen LogP contribution in [-0.4, -0.2) is 39.8 Å². The number of amides is 1. The van der Waals surface area contributed by atoms with Crippen LogP contribution >= 0.6 is 0 Å². The van der Waals surface area contributed by atoms with E-state index in [1.54, 1.807) is 10.9 Å². The number of aryl methyl sites for hydroxylation is 1. The van der Waals surface area contributed by atoms with Crippen molar-refractivity contribution in [2.75, 3.05) is 19.0 Å². The number of benzene rings is 1. The summed E-state index contributed by atoms with van der Waals surface area (Å²) in [5.74, 6) is 1.20. The van der Waals surface area contributed by atoms with Gasteiger partial charge in [-0.05, 0) is 26.0 Å². The fourth-order valence-electron chi connectivity index (χ4n) is 2.64. The fourth-order valence-corrected chi connectivity index (χ4v) is 2.64. The standard InChI is InChI=1S/C19H22N6O/c1-13-10-18(24(3)4)23-17(22-13)12-20-19(26)16-11-21-25(14(16)2)15-8-6-5-7-9-15/h5-11H,12H2,1-4H3,(H,20,26). The van der Waals surface area contributed by atoms with Gasteiger partial charge in [0.25, 0.3) is 5.91 Å². The molecule has 0 aliphatic carbocycles. The van der Waals surface area contributed by atoms with Crippen LogP contribution in [-0.2, 0) is 6.54 Å². The Morgan fingerprint density at radius 3 is 2.58 bits per heavy atom. The molecule has 7 nitrogen and oxygen atoms in total. The predicted octanol–water partition coefficient (Wildman–Crippen LogP) is 2.28. The number of para-hydroxylation sites is 1. The highest BCUT2D eigenvalue weighted by Crippen LogP contribution is 2.14. The van der Waals surface area contributed by atoms with Crippen molar-refractivity contribution >= 4 is 11.7 Å². The molecule has 0 spiro atoms. The van der Waals surface area contributed by atoms with Crippen molar-refractivity contribution in [1.82, 2.24) is 25.1 Å². The zero-order valence-corrected chi connectivity index (χ0v) is 15.4. The largest absolute Gasteiger partial charge is 0.363 e. The minimum Gasteiger partial charge on any atom is -0.363 e. The molecule has 0 radical (unpaired) electrons. The molecule has 1 aromatic carbocycles. The Morgan fingerprint density at radius 2 is 1.88 bits per heavy atom. The summed E-state index contributed by atoms with van der Waals surface area (Å²) in [6, 6.07) is 11.6. The molecule has 2 heterocycles. The Labute approximate surface area is 152 Å². The Kier molecular flexibility index (Phi) is 4.97. The molecule has 7 heteroatoms. The van der Waals surface area contributed by atoms with E-state index in [4.69, 9.17) is 0 Å². The van der Waals surface area contributed by atoms with E-state index in [9.17, 15) is 4.79 Å². The van der Waals surface area contributed by atoms with Crippen LogP contribution in [0.1, 0.15) is 27.6 Å². The quantitative estimate of drug-likeness (QED) is 0.764. The van der Waals surface area contributed by atoms with Gasteiger partial charge in [0.05, 0.1) is 29.7 Å². The van der Waals surface area contributed by atoms with E-state index in [1.807, 2.05) is 69.2 Å². The van der Waals surface area contributed by atoms with E-state index in [1.165, 1.54) is 0 Å². The van der Waals surface area contributed by atoms with Gasteiger partial charge in [-0.2, -0.15) is 5.10 Å². The number of carbonyl (C=O) groups is 1. The Hall–Kier alpha value is -3.22. The number of rotatable bonds is 5. The van der Waals surface area contributed by atoms with E-state index in [0.717, 1.165) is 22.9 Å². The summed E-state index contributed by atoms with van der Waals surface area (Å²) in [4.78, 5) is 23.3. The van der Waals surface area contributed by atoms with Gasteiger partial charge in [-0.15, -0.1) is 0 Å². The SMILES string of the molecule is Cc1cc(N(C)C)nc(CNC(=O)c2cnn(-c3ccccc3)c2C)n1. The summed E-state index contributed by atoms with van der Waals surface area (Å²) in [5, 5.41) is 7.21. The van der Waals surface area contributed by atoms with Crippen molar-refractivity contribution in [2.45, 2.75) is 20.4 Å². The first-order valence-electron chi connectivity index (χ1n) is 8.36. The highest BCUT2D eigenvalue weighted by atomic mass is 16.1. The summed E-state index contributed by atoms with van der Waals surface area (Å²) >= 11 is 0. The Balaban J connectivity index is 1.75. The minimum atomic E-state index is -0.193. The molecule has 3 rings (SSSR count). The van der Waals surface area contributed by atoms with Gasteiger partial charge in [0.15, 0.2) is 0 Å². The topological polar surface area (TPSA) is 75.9 Å². The maximum atomic E-state index is 12.6. The normalized spacial score (nSPS) is 10.6. The van der Waals surface area contributed by atoms with Crippen LogP contribution in [0.3, 0.4) is 0 Å². The van der Waals surface area contributed by atoms with Gasteiger partial charge in [0.1, 0.15) is 11.6 Å². The van der Waals surface area contributed by atoms with Crippen LogP contribution in [0, 0.1) is 13.8 Å². The fraction of sp³-hybridized carbons (Fsp3) is 0.263. The van der Waals surface area contributed by atoms with Crippen LogP contribution < -0.4 is 10.2 Å². The molecule has 1 N–H and O–H groups in total. The van der Waals surface area contributed by atoms with Crippen molar-refractivity contribution < 1.29 is 4.79 Å². The van der Waals surface area contributed by atoms with Gasteiger partial charge < -0.3 is 10.2 Å². The summed E-state index contributed by atoms with van der Waals surface area (Å²) < 4.78 is 1.75. The lowest BCUT2D eigenvalue weighted by atomic mass is 10.2. The number of nitrogens with one attached hydrogen (secondary N) is 1. The third-order valence-corrected chi connectivity index (χ3v) is 4.01. The van der Waals surface area contributed by atoms with E-state index in [2.05, 4.69) is 20.4 Å². The molecule has 0 atom stereocenters. The van der Waals surface area contributed by atoms with Crippen molar-refractivity contribution in [3.8, 4) is 5.69 Å². The second-order valence-electron chi connectivity index (χ2n) is 6.25. The molecule has 0 bridgehead atoms. The van der Waals surface area contributed by atoms with Crippen LogP contribution in [0.2, 0.25) is 0 Å². The predicted molar refractivity (Wildman–Crippen MR) is 101 cm³/mol. The van der Waals surface area contributed by atoms with Gasteiger partial charge >= 0.3 is 0 Å². The average Bonchev–Trinajstić information content (AvgIpc) is 3.01. The van der Waals surface area contributed by atoms with Crippen molar-refractivity contribution in [3.05, 3.63) is 65.4 Å². The molecule has 2 aromatic heterocycles. The lowest BCUT2D eigenvalue weighted by molar-refractivity contribution is 0.0949. The number of carbonyl (C=O) groups excluding carboxylic acids is 1. The molecular weight excluding hydrogens is 328 g/mol. The lowest BCUT2D eigenvalue weighted by Crippen LogP contribution is -2.25. The van der Waals surface area contributed by atoms with Crippen LogP contribution in [0.25, 0.3) is 5.69 Å². The average molecular weight is 350 g/mol. The minimum absolute atomic E-state index is 0.193. The zero-order valence-electron chi connectivity index (χ0n) is 15.4. The first-order valence-corrected chi connectivity index (χ1v) is 8.36. The molecule has 3 aromatic rings. The maximum absolute atomic E-state index is 12.6. The number of nitrogens with zero attached hydrogens (tertiary/aromatic N) is 5. The Morgan fingerprint density at radius 1 is 1.15 bits per heavy atom. The highest BCUT2D eigenvalue weighted by molar-refractivity contribution is 5.95. The van der Waals surface area contributed by atoms with E-state index >= 15 is 0 Å². The summed E-state index contributed by atoms with van der Waals surface area (Å²) in [5.41, 5.74) is 3.10.